The number of alkyl halides is 3. The van der Waals surface area contributed by atoms with Gasteiger partial charge in [0.1, 0.15) is 18.9 Å². The number of ketones is 3. The smallest absolute Gasteiger partial charge is 0.270 e. The molecule has 0 aliphatic heterocycles. The summed E-state index contributed by atoms with van der Waals surface area (Å²) in [6, 6.07) is 26.7. The first-order valence-electron chi connectivity index (χ1n) is 26.8. The van der Waals surface area contributed by atoms with Gasteiger partial charge in [-0.05, 0) is 75.7 Å². The van der Waals surface area contributed by atoms with E-state index in [1.54, 1.807) is 112 Å². The van der Waals surface area contributed by atoms with Crippen LogP contribution >= 0.6 is 47.8 Å². The van der Waals surface area contributed by atoms with Gasteiger partial charge in [-0.25, -0.2) is 30.3 Å². The van der Waals surface area contributed by atoms with Gasteiger partial charge in [0, 0.05) is 1660 Å². The number of halogens is 3. The van der Waals surface area contributed by atoms with Crippen molar-refractivity contribution in [1.29, 1.82) is 15.8 Å². The van der Waals surface area contributed by atoms with E-state index in [9.17, 15) is 14.4 Å². The first-order chi connectivity index (χ1) is 40.0. The van der Waals surface area contributed by atoms with Gasteiger partial charge in [-0.15, -0.1) is 0 Å². The maximum absolute atomic E-state index is 12.1. The zero-order valence-corrected chi connectivity index (χ0v) is 114. The topological polar surface area (TPSA) is 187 Å². The van der Waals surface area contributed by atoms with Crippen molar-refractivity contribution in [1.82, 2.24) is 0 Å². The number of nitriles is 3. The summed E-state index contributed by atoms with van der Waals surface area (Å²) in [5, 5.41) is 26.9. The Hall–Kier alpha value is 46.2. The maximum atomic E-state index is 12.1. The molecule has 0 fully saturated rings. The molecule has 0 saturated heterocycles. The molecule has 0 atom stereocenters. The Kier molecular flexibility index (Phi) is 990. The summed E-state index contributed by atoms with van der Waals surface area (Å²) in [5.74, 6) is 5.09. The summed E-state index contributed by atoms with van der Waals surface area (Å²) >= 11 is 8.81. The molecule has 3 aliphatic rings. The van der Waals surface area contributed by atoms with E-state index < -0.39 is 0 Å². The third-order valence-corrected chi connectivity index (χ3v) is 8.09. The summed E-state index contributed by atoms with van der Waals surface area (Å²) in [6.45, 7) is 62.5. The maximum Gasteiger partial charge on any atom is 0.270 e. The van der Waals surface area contributed by atoms with E-state index in [1.165, 1.54) is 20.8 Å². The van der Waals surface area contributed by atoms with E-state index in [1.807, 2.05) is 146 Å². The Morgan fingerprint density at radius 2 is 0.336 bits per heavy atom. The fraction of sp³-hybridized carbons (Fsp3) is 0.357. The molecule has 3 aromatic carbocycles. The minimum atomic E-state index is -0.116. The number of carbonyl (C=O) groups excluding carboxylic acids is 6. The summed E-state index contributed by atoms with van der Waals surface area (Å²) < 4.78 is 0. The van der Waals surface area contributed by atoms with Crippen molar-refractivity contribution in [3.05, 3.63) is 215 Å². The predicted octanol–water partition coefficient (Wildman–Crippen LogP) is 22.2. The Bertz CT molecular complexity index is 2500. The Labute approximate surface area is 2080 Å². The van der Waals surface area contributed by atoms with Gasteiger partial charge in [0.25, 0.3) is 17.1 Å². The van der Waals surface area contributed by atoms with E-state index in [0.29, 0.717) is 66.8 Å². The molecular formula is C70H102Ar40Br3N6O6Y3-3. The summed E-state index contributed by atoms with van der Waals surface area (Å²) in [4.78, 5) is 72.2. The summed E-state index contributed by atoms with van der Waals surface area (Å²) in [6.07, 6.45) is 7.21. The van der Waals surface area contributed by atoms with Crippen LogP contribution in [0.25, 0.3) is 31.3 Å². The third kappa shape index (κ3) is 204. The first kappa shape index (κ1) is 380. The van der Waals surface area contributed by atoms with E-state index in [-0.39, 0.29) is 1660 Å². The molecule has 12 nitrogen and oxygen atoms in total. The number of benzene rings is 3. The number of Topliss-reactive ketones (excluding diaryl/α,β-unsaturated/α-hetero) is 3. The standard InChI is InChI=1S/3C14H8N2O.3C2H4O.8C2H6.3CH3Br.3CH3.40Ar.3Y/c3*1-3-9-13(12(8-15)16-2)10-6-4-5-7-11(10)14(9)17;3*1-2-3;11*1-2;;;;;;;;;;;;;;;;;;;;;;;;;;;;;;;;;;;;;;;;;;;;;;/h3*3-7H,1H3;3*2H,1H3;8*1-2H3;3*1H3;3*1H3;;;;;;;;;;;;;;;;;;;;;;;;;;;;;;;;;;;;;;;;;;;/q;;;;;;;;;;;;;;;;;3*-1;;;;;;;;;;;;;;;;;;;;;;;;;;;;;;;;;;;;;;;;;;;/b9-3-,13-12+;2*9-3-,13-12-;;;;;;;;;;;;;;;;;;;;;;;;;;;;;;;;;;;;;;;;;;;;;;;;;;;;;;;;;;;;. The second-order valence-electron chi connectivity index (χ2n) is 11.3. The van der Waals surface area contributed by atoms with Crippen molar-refractivity contribution >= 4 is 101 Å². The van der Waals surface area contributed by atoms with Crippen molar-refractivity contribution in [2.75, 3.05) is 17.5 Å². The van der Waals surface area contributed by atoms with Gasteiger partial charge >= 0.3 is 0 Å². The molecule has 128 heavy (non-hydrogen) atoms. The average Bonchev–Trinajstić information content (AvgIpc) is 4.14. The van der Waals surface area contributed by atoms with Crippen LogP contribution in [-0.4, -0.2) is 53.7 Å². The Morgan fingerprint density at radius 3 is 0.406 bits per heavy atom. The molecule has 0 N–H and O–H groups in total. The van der Waals surface area contributed by atoms with Crippen LogP contribution in [0.5, 0.6) is 0 Å². The van der Waals surface area contributed by atoms with Crippen molar-refractivity contribution in [3.8, 4) is 18.2 Å². The van der Waals surface area contributed by atoms with Crippen LogP contribution in [0.15, 0.2) is 125 Å². The fourth-order valence-electron chi connectivity index (χ4n) is 5.91. The molecule has 3 aliphatic carbocycles. The number of rotatable bonds is 0. The minimum Gasteiger partial charge on any atom is -0.358 e. The van der Waals surface area contributed by atoms with Crippen LogP contribution in [0.2, 0.25) is 0 Å². The van der Waals surface area contributed by atoms with Gasteiger partial charge < -0.3 is 36.7 Å². The molecule has 0 saturated carbocycles. The predicted molar refractivity (Wildman–Crippen MR) is 381 cm³/mol. The molecule has 0 spiro atoms. The zero-order chi connectivity index (χ0) is 67.4. The molecule has 58 heteroatoms. The molecule has 6 rings (SSSR count). The number of aldehydes is 3. The van der Waals surface area contributed by atoms with E-state index >= 15 is 0 Å². The van der Waals surface area contributed by atoms with Crippen LogP contribution in [0.3, 0.4) is 0 Å². The normalized spacial score (nSPS) is 8.20. The molecule has 0 heterocycles. The largest absolute Gasteiger partial charge is 0.358 e. The van der Waals surface area contributed by atoms with Crippen molar-refractivity contribution in [2.24, 2.45) is 0 Å². The molecule has 801 valence electrons. The van der Waals surface area contributed by atoms with Crippen LogP contribution < -0.4 is 0 Å². The molecule has 0 aromatic heterocycles. The molecule has 0 amide bonds. The van der Waals surface area contributed by atoms with Gasteiger partial charge in [0.2, 0.25) is 0 Å². The quantitative estimate of drug-likeness (QED) is 0.0694. The van der Waals surface area contributed by atoms with Gasteiger partial charge in [0.05, 0.1) is 37.9 Å². The summed E-state index contributed by atoms with van der Waals surface area (Å²) in [7, 11) is 0. The fourth-order valence-corrected chi connectivity index (χ4v) is 5.91. The second-order valence-corrected chi connectivity index (χ2v) is 11.3. The SMILES string of the molecule is CBr.CBr.CBr.CC.CC.CC.CC.CC.CC.CC.CC.CC=O.CC=O.CC=O.[Ar].[Ar].[Ar].[Ar].[Ar].[Ar].[Ar].[Ar].[Ar].[Ar].[Ar].[Ar].[Ar].[Ar].[Ar].[Ar].[Ar].[Ar].[Ar].[Ar].[Ar].[Ar].[Ar].[Ar].[Ar].[Ar].[Ar].[Ar].[Ar].[Ar].[Ar].[Ar].[Ar].[Ar].[Ar].[Ar].[Ar].[Ar].[Ar].[Ar].[C-]#[N+]/C(C#N)=C1/C(=C/C)C(=O)c2ccccc21.[C-]#[N+]/C(C#N)=C1/C(=C/C)C(=O)c2ccccc21.[C-]#[N+]/C(C#N)=C1\C(=C\C)C(=O)c2ccccc21.[CH3-].[CH3-].[CH3-].[Y].[Y].[Y]. The molecular weight excluding hydrogens is 3130 g/mol. The summed E-state index contributed by atoms with van der Waals surface area (Å²) in [5.41, 5.74) is 6.35. The van der Waals surface area contributed by atoms with Crippen LogP contribution in [0.1, 0.15) is 200 Å². The van der Waals surface area contributed by atoms with Crippen molar-refractivity contribution in [2.45, 2.75) is 152 Å². The molecule has 0 bridgehead atoms. The van der Waals surface area contributed by atoms with Gasteiger partial charge in [0.15, 0.2) is 17.3 Å². The number of hydrogen-bond acceptors (Lipinski definition) is 9. The van der Waals surface area contributed by atoms with Gasteiger partial charge in [-0.1, -0.05) is 250 Å². The van der Waals surface area contributed by atoms with E-state index in [0.717, 1.165) is 18.9 Å². The van der Waals surface area contributed by atoms with Crippen LogP contribution in [-0.2, 0) is 113 Å². The Balaban J connectivity index is -0.00000000803. The van der Waals surface area contributed by atoms with Gasteiger partial charge in [-0.3, -0.25) is 14.4 Å². The molecule has 3 aromatic rings. The molecule has 0 unspecified atom stereocenters. The van der Waals surface area contributed by atoms with Crippen LogP contribution in [0.4, 0.5) is 0 Å². The minimum absolute atomic E-state index is 0. The van der Waals surface area contributed by atoms with E-state index in [4.69, 9.17) is 49.9 Å². The van der Waals surface area contributed by atoms with Crippen molar-refractivity contribution in [3.63, 3.8) is 0 Å². The average molecular weight is 3230 g/mol. The van der Waals surface area contributed by atoms with Gasteiger partial charge in [-0.2, -0.15) is 0 Å². The second kappa shape index (κ2) is 333. The zero-order valence-electron chi connectivity index (χ0n) is 72.5. The monoisotopic (exact) mass is 3220 g/mol. The first-order valence-corrected chi connectivity index (χ1v) is 31.5. The van der Waals surface area contributed by atoms with Crippen LogP contribution in [0, 0.1) is 1590 Å². The number of fused-ring (bicyclic) bond motifs is 3. The number of nitrogens with zero attached hydrogens (tertiary/aromatic N) is 6. The number of hydrogen-bond donors (Lipinski definition) is 0. The third-order valence-electron chi connectivity index (χ3n) is 8.09. The number of allylic oxidation sites excluding steroid dienone is 12. The molecule has 3 radical (unpaired) electrons. The number of carbonyl (C=O) groups is 6. The van der Waals surface area contributed by atoms with E-state index in [2.05, 4.69) is 62.3 Å². The van der Waals surface area contributed by atoms with Crippen molar-refractivity contribution < 1.29 is 1640 Å². The Morgan fingerprint density at radius 1 is 0.250 bits per heavy atom.